The van der Waals surface area contributed by atoms with E-state index in [0.717, 1.165) is 17.8 Å². The molecular formula is C21H26IN5. The van der Waals surface area contributed by atoms with Gasteiger partial charge in [0, 0.05) is 24.6 Å². The monoisotopic (exact) mass is 475 g/mol. The lowest BCUT2D eigenvalue weighted by Crippen LogP contribution is -2.22. The molecule has 2 aromatic carbocycles. The van der Waals surface area contributed by atoms with Crippen LogP contribution in [-0.4, -0.2) is 15.5 Å². The fourth-order valence-electron chi connectivity index (χ4n) is 2.76. The van der Waals surface area contributed by atoms with Crippen molar-refractivity contribution in [3.63, 3.8) is 0 Å². The molecule has 1 heterocycles. The van der Waals surface area contributed by atoms with Crippen molar-refractivity contribution >= 4 is 35.6 Å². The summed E-state index contributed by atoms with van der Waals surface area (Å²) in [7, 11) is 0. The van der Waals surface area contributed by atoms with E-state index in [1.165, 1.54) is 11.1 Å². The smallest absolute Gasteiger partial charge is 0.193 e. The lowest BCUT2D eigenvalue weighted by atomic mass is 10.0. The van der Waals surface area contributed by atoms with Gasteiger partial charge in [-0.3, -0.25) is 0 Å². The Morgan fingerprint density at radius 2 is 1.93 bits per heavy atom. The summed E-state index contributed by atoms with van der Waals surface area (Å²) < 4.78 is 2.04. The van der Waals surface area contributed by atoms with Gasteiger partial charge in [-0.15, -0.1) is 24.0 Å². The van der Waals surface area contributed by atoms with Crippen molar-refractivity contribution in [2.45, 2.75) is 32.9 Å². The van der Waals surface area contributed by atoms with Gasteiger partial charge in [-0.05, 0) is 34.7 Å². The number of aromatic nitrogens is 2. The Kier molecular flexibility index (Phi) is 7.84. The molecule has 142 valence electrons. The second-order valence-corrected chi connectivity index (χ2v) is 6.66. The summed E-state index contributed by atoms with van der Waals surface area (Å²) >= 11 is 0. The maximum Gasteiger partial charge on any atom is 0.193 e. The number of rotatable bonds is 6. The Hall–Kier alpha value is -2.35. The summed E-state index contributed by atoms with van der Waals surface area (Å²) in [6.07, 6.45) is 5.56. The Morgan fingerprint density at radius 1 is 1.15 bits per heavy atom. The third-order valence-electron chi connectivity index (χ3n) is 4.17. The first-order valence-corrected chi connectivity index (χ1v) is 8.80. The number of nitrogens with zero attached hydrogens (tertiary/aromatic N) is 3. The number of halogens is 1. The first-order chi connectivity index (χ1) is 12.6. The highest BCUT2D eigenvalue weighted by Gasteiger charge is 2.02. The molecule has 0 amide bonds. The van der Waals surface area contributed by atoms with Gasteiger partial charge in [0.2, 0.25) is 0 Å². The van der Waals surface area contributed by atoms with E-state index in [4.69, 9.17) is 5.73 Å². The molecular weight excluding hydrogens is 449 g/mol. The molecule has 0 bridgehead atoms. The predicted octanol–water partition coefficient (Wildman–Crippen LogP) is 4.60. The topological polar surface area (TPSA) is 68.2 Å². The molecule has 0 saturated carbocycles. The van der Waals surface area contributed by atoms with E-state index in [0.29, 0.717) is 18.4 Å². The molecule has 3 N–H and O–H groups in total. The molecule has 0 radical (unpaired) electrons. The number of anilines is 1. The minimum atomic E-state index is 0. The lowest BCUT2D eigenvalue weighted by Gasteiger charge is -2.10. The van der Waals surface area contributed by atoms with E-state index in [-0.39, 0.29) is 24.0 Å². The van der Waals surface area contributed by atoms with Crippen LogP contribution in [0.4, 0.5) is 5.69 Å². The third-order valence-corrected chi connectivity index (χ3v) is 4.17. The zero-order chi connectivity index (χ0) is 18.4. The molecule has 0 spiro atoms. The van der Waals surface area contributed by atoms with Crippen molar-refractivity contribution in [3.8, 4) is 0 Å². The average molecular weight is 475 g/mol. The van der Waals surface area contributed by atoms with Gasteiger partial charge >= 0.3 is 0 Å². The van der Waals surface area contributed by atoms with Gasteiger partial charge in [-0.2, -0.15) is 0 Å². The van der Waals surface area contributed by atoms with Crippen LogP contribution in [0.15, 0.2) is 72.2 Å². The molecule has 5 nitrogen and oxygen atoms in total. The molecule has 6 heteroatoms. The maximum absolute atomic E-state index is 6.05. The van der Waals surface area contributed by atoms with E-state index in [9.17, 15) is 0 Å². The first kappa shape index (κ1) is 21.0. The second kappa shape index (κ2) is 10.1. The second-order valence-electron chi connectivity index (χ2n) is 6.66. The molecule has 0 aliphatic rings. The summed E-state index contributed by atoms with van der Waals surface area (Å²) in [6, 6.07) is 16.6. The quantitative estimate of drug-likeness (QED) is 0.311. The van der Waals surface area contributed by atoms with Gasteiger partial charge in [-0.25, -0.2) is 9.98 Å². The number of nitrogens with two attached hydrogens (primary N) is 1. The van der Waals surface area contributed by atoms with Crippen LogP contribution in [0.2, 0.25) is 0 Å². The van der Waals surface area contributed by atoms with Crippen LogP contribution in [0.1, 0.15) is 36.5 Å². The van der Waals surface area contributed by atoms with Crippen LogP contribution >= 0.6 is 24.0 Å². The maximum atomic E-state index is 6.05. The third kappa shape index (κ3) is 6.39. The highest BCUT2D eigenvalue weighted by Crippen LogP contribution is 2.18. The molecule has 0 fully saturated rings. The van der Waals surface area contributed by atoms with E-state index < -0.39 is 0 Å². The Labute approximate surface area is 177 Å². The summed E-state index contributed by atoms with van der Waals surface area (Å²) in [5.41, 5.74) is 10.6. The number of imidazole rings is 1. The fourth-order valence-corrected chi connectivity index (χ4v) is 2.76. The van der Waals surface area contributed by atoms with Gasteiger partial charge in [-0.1, -0.05) is 50.2 Å². The standard InChI is InChI=1S/C21H25N5.HI/c1-16(2)19-7-4-8-20(12-19)25-21(22)24-13-17-5-3-6-18(11-17)14-26-10-9-23-15-26;/h3-12,15-16H,13-14H2,1-2H3,(H3,22,24,25);1H. The average Bonchev–Trinajstić information content (AvgIpc) is 3.13. The van der Waals surface area contributed by atoms with E-state index in [1.807, 2.05) is 35.3 Å². The lowest BCUT2D eigenvalue weighted by molar-refractivity contribution is 0.795. The van der Waals surface area contributed by atoms with Gasteiger partial charge in [0.15, 0.2) is 5.96 Å². The first-order valence-electron chi connectivity index (χ1n) is 8.80. The van der Waals surface area contributed by atoms with Gasteiger partial charge in [0.1, 0.15) is 0 Å². The van der Waals surface area contributed by atoms with E-state index in [1.54, 1.807) is 6.20 Å². The Balaban J connectivity index is 0.00000261. The molecule has 3 aromatic rings. The fraction of sp³-hybridized carbons (Fsp3) is 0.238. The number of nitrogens with one attached hydrogen (secondary N) is 1. The summed E-state index contributed by atoms with van der Waals surface area (Å²) in [4.78, 5) is 8.54. The number of guanidine groups is 1. The summed E-state index contributed by atoms with van der Waals surface area (Å²) in [5, 5.41) is 3.17. The van der Waals surface area contributed by atoms with Crippen molar-refractivity contribution in [2.75, 3.05) is 5.32 Å². The van der Waals surface area contributed by atoms with E-state index in [2.05, 4.69) is 59.5 Å². The number of hydrogen-bond acceptors (Lipinski definition) is 2. The normalized spacial score (nSPS) is 11.3. The summed E-state index contributed by atoms with van der Waals surface area (Å²) in [6.45, 7) is 5.69. The van der Waals surface area contributed by atoms with Crippen LogP contribution in [0.25, 0.3) is 0 Å². The van der Waals surface area contributed by atoms with Crippen LogP contribution in [-0.2, 0) is 13.1 Å². The predicted molar refractivity (Wildman–Crippen MR) is 123 cm³/mol. The van der Waals surface area contributed by atoms with Crippen LogP contribution in [0, 0.1) is 0 Å². The minimum absolute atomic E-state index is 0. The van der Waals surface area contributed by atoms with Crippen LogP contribution < -0.4 is 11.1 Å². The molecule has 27 heavy (non-hydrogen) atoms. The Bertz CT molecular complexity index is 872. The molecule has 0 unspecified atom stereocenters. The Morgan fingerprint density at radius 3 is 2.67 bits per heavy atom. The van der Waals surface area contributed by atoms with E-state index >= 15 is 0 Å². The minimum Gasteiger partial charge on any atom is -0.370 e. The molecule has 0 saturated heterocycles. The SMILES string of the molecule is CC(C)c1cccc(NC(N)=NCc2cccc(Cn3ccnc3)c2)c1.I. The molecule has 1 aromatic heterocycles. The molecule has 0 atom stereocenters. The van der Waals surface area contributed by atoms with Gasteiger partial charge < -0.3 is 15.6 Å². The van der Waals surface area contributed by atoms with Crippen LogP contribution in [0.5, 0.6) is 0 Å². The molecule has 0 aliphatic carbocycles. The van der Waals surface area contributed by atoms with Crippen molar-refractivity contribution in [1.29, 1.82) is 0 Å². The molecule has 0 aliphatic heterocycles. The molecule has 3 rings (SSSR count). The highest BCUT2D eigenvalue weighted by molar-refractivity contribution is 14.0. The number of benzene rings is 2. The van der Waals surface area contributed by atoms with Crippen molar-refractivity contribution in [3.05, 3.63) is 83.9 Å². The number of aliphatic imine (C=N–C) groups is 1. The zero-order valence-electron chi connectivity index (χ0n) is 15.7. The highest BCUT2D eigenvalue weighted by atomic mass is 127. The van der Waals surface area contributed by atoms with Crippen molar-refractivity contribution in [2.24, 2.45) is 10.7 Å². The largest absolute Gasteiger partial charge is 0.370 e. The summed E-state index contributed by atoms with van der Waals surface area (Å²) in [5.74, 6) is 0.902. The van der Waals surface area contributed by atoms with Gasteiger partial charge in [0.05, 0.1) is 12.9 Å². The number of hydrogen-bond donors (Lipinski definition) is 2. The van der Waals surface area contributed by atoms with Crippen molar-refractivity contribution < 1.29 is 0 Å². The van der Waals surface area contributed by atoms with Gasteiger partial charge in [0.25, 0.3) is 0 Å². The zero-order valence-corrected chi connectivity index (χ0v) is 18.0. The van der Waals surface area contributed by atoms with Crippen molar-refractivity contribution in [1.82, 2.24) is 9.55 Å². The van der Waals surface area contributed by atoms with Crippen LogP contribution in [0.3, 0.4) is 0 Å².